The first-order valence-electron chi connectivity index (χ1n) is 8.49. The summed E-state index contributed by atoms with van der Waals surface area (Å²) in [7, 11) is 0. The Morgan fingerprint density at radius 2 is 1.96 bits per heavy atom. The molecule has 0 aliphatic rings. The molecule has 0 aliphatic heterocycles. The number of aromatic nitrogens is 4. The predicted octanol–water partition coefficient (Wildman–Crippen LogP) is 4.17. The average Bonchev–Trinajstić information content (AvgIpc) is 3.29. The molecule has 4 aromatic rings. The van der Waals surface area contributed by atoms with Gasteiger partial charge < -0.3 is 11.1 Å². The zero-order valence-corrected chi connectivity index (χ0v) is 15.5. The van der Waals surface area contributed by atoms with Gasteiger partial charge in [-0.3, -0.25) is 0 Å². The van der Waals surface area contributed by atoms with Crippen LogP contribution in [0, 0.1) is 0 Å². The van der Waals surface area contributed by atoms with Gasteiger partial charge in [0.25, 0.3) is 0 Å². The van der Waals surface area contributed by atoms with Crippen molar-refractivity contribution in [3.63, 3.8) is 0 Å². The van der Waals surface area contributed by atoms with Crippen molar-refractivity contribution < 1.29 is 0 Å². The van der Waals surface area contributed by atoms with Gasteiger partial charge in [-0.05, 0) is 28.5 Å². The summed E-state index contributed by atoms with van der Waals surface area (Å²) in [6.07, 6.45) is 1.83. The molecule has 132 valence electrons. The molecular formula is C19H20N6S. The van der Waals surface area contributed by atoms with E-state index >= 15 is 0 Å². The highest BCUT2D eigenvalue weighted by molar-refractivity contribution is 7.13. The van der Waals surface area contributed by atoms with E-state index in [2.05, 4.69) is 76.0 Å². The third-order valence-corrected chi connectivity index (χ3v) is 5.16. The number of hydrogen-bond acceptors (Lipinski definition) is 6. The summed E-state index contributed by atoms with van der Waals surface area (Å²) in [4.78, 5) is 9.92. The second-order valence-electron chi connectivity index (χ2n) is 6.42. The third-order valence-electron chi connectivity index (χ3n) is 4.24. The Morgan fingerprint density at radius 3 is 2.65 bits per heavy atom. The maximum Gasteiger partial charge on any atom is 0.229 e. The van der Waals surface area contributed by atoms with Gasteiger partial charge in [-0.15, -0.1) is 11.3 Å². The number of benzene rings is 1. The largest absolute Gasteiger partial charge is 0.368 e. The monoisotopic (exact) mass is 364 g/mol. The molecule has 0 unspecified atom stereocenters. The SMILES string of the molecule is CC(C)c1cnn2c(NCc3ccc(-c4cccs4)cc3)nc(N)nc12. The Kier molecular flexibility index (Phi) is 4.30. The minimum absolute atomic E-state index is 0.246. The molecule has 0 amide bonds. The molecule has 3 heterocycles. The first-order valence-corrected chi connectivity index (χ1v) is 9.37. The van der Waals surface area contributed by atoms with Crippen molar-refractivity contribution in [3.8, 4) is 10.4 Å². The fourth-order valence-electron chi connectivity index (χ4n) is 2.84. The molecule has 0 atom stereocenters. The molecule has 4 rings (SSSR count). The van der Waals surface area contributed by atoms with Crippen LogP contribution in [0.15, 0.2) is 48.0 Å². The van der Waals surface area contributed by atoms with Crippen molar-refractivity contribution in [3.05, 3.63) is 59.1 Å². The van der Waals surface area contributed by atoms with Gasteiger partial charge in [0.15, 0.2) is 5.65 Å². The van der Waals surface area contributed by atoms with Crippen LogP contribution in [0.4, 0.5) is 11.9 Å². The Morgan fingerprint density at radius 1 is 1.15 bits per heavy atom. The average molecular weight is 364 g/mol. The fourth-order valence-corrected chi connectivity index (χ4v) is 3.58. The lowest BCUT2D eigenvalue weighted by atomic mass is 10.1. The number of nitrogens with two attached hydrogens (primary N) is 1. The quantitative estimate of drug-likeness (QED) is 0.555. The zero-order chi connectivity index (χ0) is 18.1. The van der Waals surface area contributed by atoms with Gasteiger partial charge in [-0.25, -0.2) is 0 Å². The lowest BCUT2D eigenvalue weighted by Crippen LogP contribution is -2.11. The van der Waals surface area contributed by atoms with Crippen LogP contribution in [0.25, 0.3) is 16.1 Å². The van der Waals surface area contributed by atoms with E-state index in [0.29, 0.717) is 18.4 Å². The van der Waals surface area contributed by atoms with Crippen LogP contribution in [-0.2, 0) is 6.54 Å². The highest BCUT2D eigenvalue weighted by atomic mass is 32.1. The molecule has 0 saturated heterocycles. The minimum atomic E-state index is 0.246. The highest BCUT2D eigenvalue weighted by Crippen LogP contribution is 2.25. The van der Waals surface area contributed by atoms with Gasteiger partial charge in [0.1, 0.15) is 0 Å². The maximum atomic E-state index is 5.89. The standard InChI is InChI=1S/C19H20N6S/c1-12(2)15-11-22-25-17(15)23-18(20)24-19(25)21-10-13-5-7-14(8-6-13)16-4-3-9-26-16/h3-9,11-12H,10H2,1-2H3,(H3,20,21,23,24). The number of hydrogen-bond donors (Lipinski definition) is 2. The first-order chi connectivity index (χ1) is 12.6. The van der Waals surface area contributed by atoms with E-state index in [0.717, 1.165) is 16.8 Å². The molecular weight excluding hydrogens is 344 g/mol. The molecule has 7 heteroatoms. The van der Waals surface area contributed by atoms with Crippen LogP contribution in [0.5, 0.6) is 0 Å². The molecule has 0 spiro atoms. The minimum Gasteiger partial charge on any atom is -0.368 e. The Balaban J connectivity index is 1.56. The van der Waals surface area contributed by atoms with E-state index in [1.807, 2.05) is 6.20 Å². The molecule has 6 nitrogen and oxygen atoms in total. The van der Waals surface area contributed by atoms with E-state index < -0.39 is 0 Å². The molecule has 3 aromatic heterocycles. The van der Waals surface area contributed by atoms with Gasteiger partial charge in [0.2, 0.25) is 11.9 Å². The summed E-state index contributed by atoms with van der Waals surface area (Å²) in [5.74, 6) is 1.16. The van der Waals surface area contributed by atoms with Crippen molar-refractivity contribution in [1.82, 2.24) is 19.6 Å². The molecule has 26 heavy (non-hydrogen) atoms. The van der Waals surface area contributed by atoms with Crippen LogP contribution in [0.1, 0.15) is 30.9 Å². The van der Waals surface area contributed by atoms with Gasteiger partial charge in [0, 0.05) is 17.0 Å². The van der Waals surface area contributed by atoms with Crippen molar-refractivity contribution >= 4 is 28.9 Å². The Hall–Kier alpha value is -2.93. The van der Waals surface area contributed by atoms with Crippen molar-refractivity contribution in [2.75, 3.05) is 11.1 Å². The summed E-state index contributed by atoms with van der Waals surface area (Å²) in [6, 6.07) is 12.7. The van der Waals surface area contributed by atoms with Crippen LogP contribution in [0.2, 0.25) is 0 Å². The highest BCUT2D eigenvalue weighted by Gasteiger charge is 2.14. The number of nitrogens with one attached hydrogen (secondary N) is 1. The van der Waals surface area contributed by atoms with Gasteiger partial charge >= 0.3 is 0 Å². The lowest BCUT2D eigenvalue weighted by Gasteiger charge is -2.09. The summed E-state index contributed by atoms with van der Waals surface area (Å²) in [5, 5.41) is 9.83. The van der Waals surface area contributed by atoms with Crippen LogP contribution in [-0.4, -0.2) is 19.6 Å². The van der Waals surface area contributed by atoms with Crippen LogP contribution < -0.4 is 11.1 Å². The van der Waals surface area contributed by atoms with E-state index in [9.17, 15) is 0 Å². The third kappa shape index (κ3) is 3.13. The summed E-state index contributed by atoms with van der Waals surface area (Å²) < 4.78 is 1.71. The van der Waals surface area contributed by atoms with Crippen molar-refractivity contribution in [2.24, 2.45) is 0 Å². The molecule has 0 aliphatic carbocycles. The van der Waals surface area contributed by atoms with Gasteiger partial charge in [0.05, 0.1) is 6.20 Å². The maximum absolute atomic E-state index is 5.89. The smallest absolute Gasteiger partial charge is 0.229 e. The fraction of sp³-hybridized carbons (Fsp3) is 0.211. The topological polar surface area (TPSA) is 81.1 Å². The van der Waals surface area contributed by atoms with E-state index in [1.165, 1.54) is 10.4 Å². The van der Waals surface area contributed by atoms with Gasteiger partial charge in [-0.1, -0.05) is 44.2 Å². The summed E-state index contributed by atoms with van der Waals surface area (Å²) in [5.41, 5.74) is 10.1. The van der Waals surface area contributed by atoms with Crippen molar-refractivity contribution in [2.45, 2.75) is 26.3 Å². The van der Waals surface area contributed by atoms with Crippen LogP contribution >= 0.6 is 11.3 Å². The van der Waals surface area contributed by atoms with E-state index in [-0.39, 0.29) is 5.95 Å². The Bertz CT molecular complexity index is 1020. The summed E-state index contributed by atoms with van der Waals surface area (Å²) in [6.45, 7) is 4.85. The molecule has 3 N–H and O–H groups in total. The number of anilines is 2. The van der Waals surface area contributed by atoms with Crippen molar-refractivity contribution in [1.29, 1.82) is 0 Å². The number of rotatable bonds is 5. The molecule has 0 radical (unpaired) electrons. The lowest BCUT2D eigenvalue weighted by molar-refractivity contribution is 0.867. The van der Waals surface area contributed by atoms with Gasteiger partial charge in [-0.2, -0.15) is 19.6 Å². The second-order valence-corrected chi connectivity index (χ2v) is 7.37. The number of nitrogen functional groups attached to an aromatic ring is 1. The molecule has 1 aromatic carbocycles. The Labute approximate surface area is 155 Å². The van der Waals surface area contributed by atoms with E-state index in [1.54, 1.807) is 15.9 Å². The normalized spacial score (nSPS) is 11.3. The number of thiophene rings is 1. The van der Waals surface area contributed by atoms with E-state index in [4.69, 9.17) is 5.73 Å². The zero-order valence-electron chi connectivity index (χ0n) is 14.7. The van der Waals surface area contributed by atoms with Crippen LogP contribution in [0.3, 0.4) is 0 Å². The number of fused-ring (bicyclic) bond motifs is 1. The second kappa shape index (κ2) is 6.76. The molecule has 0 fully saturated rings. The number of nitrogens with zero attached hydrogens (tertiary/aromatic N) is 4. The summed E-state index contributed by atoms with van der Waals surface area (Å²) >= 11 is 1.74. The first kappa shape index (κ1) is 16.5. The molecule has 0 saturated carbocycles. The molecule has 0 bridgehead atoms. The predicted molar refractivity (Wildman–Crippen MR) is 106 cm³/mol.